The van der Waals surface area contributed by atoms with Crippen LogP contribution in [0.3, 0.4) is 0 Å². The van der Waals surface area contributed by atoms with Crippen LogP contribution in [-0.2, 0) is 9.53 Å². The van der Waals surface area contributed by atoms with E-state index in [0.29, 0.717) is 0 Å². The number of aliphatic hydroxyl groups is 1. The molecule has 50 valence electrons. The third kappa shape index (κ3) is 6.75. The van der Waals surface area contributed by atoms with Crippen LogP contribution in [0, 0.1) is 0 Å². The predicted octanol–water partition coefficient (Wildman–Crippen LogP) is 1.13. The van der Waals surface area contributed by atoms with Gasteiger partial charge in [0, 0.05) is 6.92 Å². The number of carbonyl (C=O) groups excluding carboxylic acids is 1. The summed E-state index contributed by atoms with van der Waals surface area (Å²) in [5.41, 5.74) is 0. The van der Waals surface area contributed by atoms with E-state index in [2.05, 4.69) is 4.74 Å². The third-order valence-electron chi connectivity index (χ3n) is 0.510. The van der Waals surface area contributed by atoms with Crippen molar-refractivity contribution in [2.75, 3.05) is 0 Å². The fraction of sp³-hybridized carbons (Fsp3) is 0.167. The van der Waals surface area contributed by atoms with E-state index in [-0.39, 0.29) is 5.97 Å². The number of aliphatic hydroxyl groups excluding tert-OH is 1. The number of hydrogen-bond acceptors (Lipinski definition) is 3. The lowest BCUT2D eigenvalue weighted by atomic mass is 10.6. The molecule has 0 atom stereocenters. The zero-order valence-electron chi connectivity index (χ0n) is 5.07. The summed E-state index contributed by atoms with van der Waals surface area (Å²) in [6.07, 6.45) is 4.78. The van der Waals surface area contributed by atoms with Crippen LogP contribution in [-0.4, -0.2) is 11.1 Å². The average Bonchev–Trinajstić information content (AvgIpc) is 1.80. The number of carbonyl (C=O) groups is 1. The molecule has 3 nitrogen and oxygen atoms in total. The van der Waals surface area contributed by atoms with Gasteiger partial charge in [0.2, 0.25) is 0 Å². The summed E-state index contributed by atoms with van der Waals surface area (Å²) in [7, 11) is 0. The Morgan fingerprint density at radius 1 is 1.56 bits per heavy atom. The summed E-state index contributed by atoms with van der Waals surface area (Å²) < 4.78 is 4.36. The van der Waals surface area contributed by atoms with E-state index in [0.717, 1.165) is 6.26 Å². The van der Waals surface area contributed by atoms with Crippen molar-refractivity contribution in [1.82, 2.24) is 0 Å². The SMILES string of the molecule is CC(=O)OC=CC=CO. The second kappa shape index (κ2) is 4.90. The van der Waals surface area contributed by atoms with Crippen LogP contribution in [0.1, 0.15) is 6.92 Å². The number of hydrogen-bond donors (Lipinski definition) is 1. The fourth-order valence-electron chi connectivity index (χ4n) is 0.230. The molecule has 0 fully saturated rings. The minimum absolute atomic E-state index is 0.377. The van der Waals surface area contributed by atoms with Crippen molar-refractivity contribution in [3.8, 4) is 0 Å². The van der Waals surface area contributed by atoms with Crippen LogP contribution in [0.15, 0.2) is 24.7 Å². The molecule has 0 aromatic carbocycles. The fourth-order valence-corrected chi connectivity index (χ4v) is 0.230. The molecule has 0 bridgehead atoms. The maximum absolute atomic E-state index is 10.0. The van der Waals surface area contributed by atoms with E-state index in [1.165, 1.54) is 25.3 Å². The Bertz CT molecular complexity index is 135. The lowest BCUT2D eigenvalue weighted by Gasteiger charge is -1.85. The summed E-state index contributed by atoms with van der Waals surface area (Å²) in [5.74, 6) is -0.377. The first-order valence-electron chi connectivity index (χ1n) is 2.40. The summed E-state index contributed by atoms with van der Waals surface area (Å²) in [5, 5.41) is 8.06. The molecule has 0 aliphatic heterocycles. The molecule has 1 N–H and O–H groups in total. The largest absolute Gasteiger partial charge is 0.516 e. The van der Waals surface area contributed by atoms with E-state index < -0.39 is 0 Å². The first-order valence-corrected chi connectivity index (χ1v) is 2.40. The number of esters is 1. The van der Waals surface area contributed by atoms with Crippen molar-refractivity contribution in [2.45, 2.75) is 6.92 Å². The molecule has 0 aliphatic carbocycles. The summed E-state index contributed by atoms with van der Waals surface area (Å²) >= 11 is 0. The molecular weight excluding hydrogens is 120 g/mol. The smallest absolute Gasteiger partial charge is 0.307 e. The maximum Gasteiger partial charge on any atom is 0.307 e. The van der Waals surface area contributed by atoms with Crippen molar-refractivity contribution in [3.05, 3.63) is 24.7 Å². The van der Waals surface area contributed by atoms with Gasteiger partial charge in [-0.05, 0) is 12.2 Å². The topological polar surface area (TPSA) is 46.5 Å². The minimum Gasteiger partial charge on any atom is -0.516 e. The lowest BCUT2D eigenvalue weighted by molar-refractivity contribution is -0.135. The average molecular weight is 128 g/mol. The van der Waals surface area contributed by atoms with Gasteiger partial charge in [0.15, 0.2) is 0 Å². The number of allylic oxidation sites excluding steroid dienone is 2. The molecule has 0 saturated carbocycles. The highest BCUT2D eigenvalue weighted by atomic mass is 16.5. The van der Waals surface area contributed by atoms with Gasteiger partial charge in [-0.2, -0.15) is 0 Å². The first-order chi connectivity index (χ1) is 4.27. The predicted molar refractivity (Wildman–Crippen MR) is 32.7 cm³/mol. The van der Waals surface area contributed by atoms with Crippen LogP contribution in [0.5, 0.6) is 0 Å². The minimum atomic E-state index is -0.377. The lowest BCUT2D eigenvalue weighted by Crippen LogP contribution is -1.88. The Morgan fingerprint density at radius 2 is 2.22 bits per heavy atom. The highest BCUT2D eigenvalue weighted by molar-refractivity contribution is 5.66. The van der Waals surface area contributed by atoms with Crippen LogP contribution in [0.25, 0.3) is 0 Å². The molecular formula is C6H8O3. The molecule has 0 saturated heterocycles. The Hall–Kier alpha value is -1.25. The highest BCUT2D eigenvalue weighted by Gasteiger charge is 1.81. The molecule has 0 amide bonds. The van der Waals surface area contributed by atoms with Crippen LogP contribution < -0.4 is 0 Å². The van der Waals surface area contributed by atoms with Crippen molar-refractivity contribution >= 4 is 5.97 Å². The molecule has 3 heteroatoms. The molecule has 0 unspecified atom stereocenters. The van der Waals surface area contributed by atoms with Crippen LogP contribution in [0.4, 0.5) is 0 Å². The first kappa shape index (κ1) is 7.75. The Balaban J connectivity index is 3.36. The second-order valence-corrected chi connectivity index (χ2v) is 1.28. The van der Waals surface area contributed by atoms with Gasteiger partial charge in [0.25, 0.3) is 0 Å². The van der Waals surface area contributed by atoms with E-state index in [1.54, 1.807) is 0 Å². The Kier molecular flexibility index (Phi) is 4.22. The van der Waals surface area contributed by atoms with Crippen LogP contribution in [0.2, 0.25) is 0 Å². The van der Waals surface area contributed by atoms with Gasteiger partial charge in [-0.25, -0.2) is 0 Å². The zero-order chi connectivity index (χ0) is 7.11. The quantitative estimate of drug-likeness (QED) is 0.344. The maximum atomic E-state index is 10.0. The zero-order valence-corrected chi connectivity index (χ0v) is 5.07. The van der Waals surface area contributed by atoms with E-state index in [4.69, 9.17) is 5.11 Å². The van der Waals surface area contributed by atoms with Gasteiger partial charge in [0.05, 0.1) is 12.5 Å². The standard InChI is InChI=1S/C6H8O3/c1-6(8)9-5-3-2-4-7/h2-5,7H,1H3. The van der Waals surface area contributed by atoms with Gasteiger partial charge in [-0.3, -0.25) is 4.79 Å². The molecule has 0 radical (unpaired) electrons. The summed E-state index contributed by atoms with van der Waals surface area (Å²) in [6, 6.07) is 0. The molecule has 0 aliphatic rings. The van der Waals surface area contributed by atoms with Crippen molar-refractivity contribution in [1.29, 1.82) is 0 Å². The summed E-state index contributed by atoms with van der Waals surface area (Å²) in [4.78, 5) is 10.0. The van der Waals surface area contributed by atoms with E-state index in [9.17, 15) is 4.79 Å². The van der Waals surface area contributed by atoms with Gasteiger partial charge in [-0.1, -0.05) is 0 Å². The van der Waals surface area contributed by atoms with Crippen molar-refractivity contribution in [3.63, 3.8) is 0 Å². The normalized spacial score (nSPS) is 10.8. The van der Waals surface area contributed by atoms with E-state index in [1.807, 2.05) is 0 Å². The van der Waals surface area contributed by atoms with Gasteiger partial charge >= 0.3 is 5.97 Å². The molecule has 0 rings (SSSR count). The van der Waals surface area contributed by atoms with Gasteiger partial charge < -0.3 is 9.84 Å². The Morgan fingerprint density at radius 3 is 2.67 bits per heavy atom. The van der Waals surface area contributed by atoms with Gasteiger partial charge in [-0.15, -0.1) is 0 Å². The molecule has 0 heterocycles. The second-order valence-electron chi connectivity index (χ2n) is 1.28. The van der Waals surface area contributed by atoms with Crippen molar-refractivity contribution < 1.29 is 14.6 Å². The summed E-state index contributed by atoms with van der Waals surface area (Å²) in [6.45, 7) is 1.30. The Labute approximate surface area is 53.3 Å². The van der Waals surface area contributed by atoms with Gasteiger partial charge in [0.1, 0.15) is 0 Å². The molecule has 0 aromatic heterocycles. The molecule has 0 spiro atoms. The molecule has 0 aromatic rings. The molecule has 9 heavy (non-hydrogen) atoms. The van der Waals surface area contributed by atoms with Crippen LogP contribution >= 0.6 is 0 Å². The van der Waals surface area contributed by atoms with E-state index >= 15 is 0 Å². The monoisotopic (exact) mass is 128 g/mol. The highest BCUT2D eigenvalue weighted by Crippen LogP contribution is 1.79. The third-order valence-corrected chi connectivity index (χ3v) is 0.510. The van der Waals surface area contributed by atoms with Crippen molar-refractivity contribution in [2.24, 2.45) is 0 Å². The number of ether oxygens (including phenoxy) is 1. The number of rotatable bonds is 2.